The van der Waals surface area contributed by atoms with E-state index in [1.807, 2.05) is 19.9 Å². The lowest BCUT2D eigenvalue weighted by molar-refractivity contribution is -0.146. The van der Waals surface area contributed by atoms with E-state index in [2.05, 4.69) is 0 Å². The topological polar surface area (TPSA) is 93.2 Å². The Morgan fingerprint density at radius 3 is 1.39 bits per heavy atom. The van der Waals surface area contributed by atoms with Gasteiger partial charge in [-0.1, -0.05) is 18.6 Å². The first-order valence-corrected chi connectivity index (χ1v) is 12.0. The van der Waals surface area contributed by atoms with Crippen molar-refractivity contribution >= 4 is 35.0 Å². The smallest absolute Gasteiger partial charge is 0.238 e. The SMILES string of the molecule is COc1ccc(N2C(=O)C3C4C(C)=CC(C)(C3C2=O)C2C(=O)N(c3ccc(OC)cc3)C(=O)C42)cc1. The van der Waals surface area contributed by atoms with E-state index in [1.165, 1.54) is 9.80 Å². The van der Waals surface area contributed by atoms with Gasteiger partial charge in [0.2, 0.25) is 23.6 Å². The lowest BCUT2D eigenvalue weighted by Gasteiger charge is -2.53. The molecule has 3 fully saturated rings. The Morgan fingerprint density at radius 2 is 1.03 bits per heavy atom. The number of amides is 4. The van der Waals surface area contributed by atoms with E-state index in [1.54, 1.807) is 62.8 Å². The van der Waals surface area contributed by atoms with Crippen LogP contribution >= 0.6 is 0 Å². The third-order valence-corrected chi connectivity index (χ3v) is 8.54. The lowest BCUT2D eigenvalue weighted by Crippen LogP contribution is -2.57. The first kappa shape index (κ1) is 22.5. The highest BCUT2D eigenvalue weighted by Gasteiger charge is 2.74. The summed E-state index contributed by atoms with van der Waals surface area (Å²) >= 11 is 0. The van der Waals surface area contributed by atoms with Crippen LogP contribution in [0.3, 0.4) is 0 Å². The Balaban J connectivity index is 1.42. The Morgan fingerprint density at radius 1 is 0.639 bits per heavy atom. The molecule has 1 saturated carbocycles. The summed E-state index contributed by atoms with van der Waals surface area (Å²) in [6, 6.07) is 13.5. The van der Waals surface area contributed by atoms with Gasteiger partial charge in [0.25, 0.3) is 0 Å². The summed E-state index contributed by atoms with van der Waals surface area (Å²) in [6.07, 6.45) is 1.96. The quantitative estimate of drug-likeness (QED) is 0.487. The van der Waals surface area contributed by atoms with Crippen molar-refractivity contribution in [3.8, 4) is 11.5 Å². The van der Waals surface area contributed by atoms with Gasteiger partial charge in [0.15, 0.2) is 0 Å². The number of rotatable bonds is 4. The van der Waals surface area contributed by atoms with Crippen molar-refractivity contribution in [2.24, 2.45) is 35.0 Å². The van der Waals surface area contributed by atoms with Crippen molar-refractivity contribution in [2.45, 2.75) is 13.8 Å². The van der Waals surface area contributed by atoms with E-state index >= 15 is 0 Å². The predicted molar refractivity (Wildman–Crippen MR) is 130 cm³/mol. The fraction of sp³-hybridized carbons (Fsp3) is 0.357. The van der Waals surface area contributed by atoms with Crippen LogP contribution < -0.4 is 19.3 Å². The van der Waals surface area contributed by atoms with Crippen molar-refractivity contribution in [1.82, 2.24) is 0 Å². The van der Waals surface area contributed by atoms with Gasteiger partial charge in [-0.3, -0.25) is 29.0 Å². The zero-order valence-corrected chi connectivity index (χ0v) is 20.4. The molecule has 2 bridgehead atoms. The van der Waals surface area contributed by atoms with Crippen molar-refractivity contribution in [2.75, 3.05) is 24.0 Å². The molecule has 2 aromatic carbocycles. The molecule has 5 aliphatic rings. The van der Waals surface area contributed by atoms with Gasteiger partial charge >= 0.3 is 0 Å². The van der Waals surface area contributed by atoms with Crippen molar-refractivity contribution in [3.05, 3.63) is 60.2 Å². The molecular weight excluding hydrogens is 460 g/mol. The standard InChI is InChI=1S/C28H26N2O6/c1-14-13-28(2)22-20(24(31)29(26(22)33)15-5-9-17(35-3)10-6-15)19(14)21-23(28)27(34)30(25(21)32)16-7-11-18(36-4)12-8-16/h5-13,19-23H,1-4H3. The number of carbonyl (C=O) groups is 4. The molecule has 2 aliphatic heterocycles. The van der Waals surface area contributed by atoms with E-state index in [9.17, 15) is 19.2 Å². The first-order valence-electron chi connectivity index (χ1n) is 12.0. The summed E-state index contributed by atoms with van der Waals surface area (Å²) in [4.78, 5) is 57.7. The maximum Gasteiger partial charge on any atom is 0.238 e. The molecule has 8 heteroatoms. The summed E-state index contributed by atoms with van der Waals surface area (Å²) in [6.45, 7) is 3.75. The van der Waals surface area contributed by atoms with Crippen molar-refractivity contribution in [1.29, 1.82) is 0 Å². The molecule has 2 saturated heterocycles. The number of benzene rings is 2. The molecule has 36 heavy (non-hydrogen) atoms. The lowest BCUT2D eigenvalue weighted by atomic mass is 9.46. The van der Waals surface area contributed by atoms with Crippen LogP contribution in [0.15, 0.2) is 60.2 Å². The number of imide groups is 2. The molecule has 8 nitrogen and oxygen atoms in total. The summed E-state index contributed by atoms with van der Waals surface area (Å²) in [5.74, 6) is -3.38. The zero-order chi connectivity index (χ0) is 25.5. The number of methoxy groups -OCH3 is 2. The minimum absolute atomic E-state index is 0.319. The van der Waals surface area contributed by atoms with Crippen LogP contribution in [0.5, 0.6) is 11.5 Å². The van der Waals surface area contributed by atoms with Gasteiger partial charge in [0.05, 0.1) is 49.3 Å². The van der Waals surface area contributed by atoms with E-state index in [4.69, 9.17) is 9.47 Å². The number of hydrogen-bond donors (Lipinski definition) is 0. The van der Waals surface area contributed by atoms with Crippen LogP contribution in [-0.4, -0.2) is 37.8 Å². The summed E-state index contributed by atoms with van der Waals surface area (Å²) in [5, 5.41) is 0. The Bertz CT molecular complexity index is 1250. The van der Waals surface area contributed by atoms with E-state index in [0.29, 0.717) is 22.9 Å². The van der Waals surface area contributed by atoms with Crippen LogP contribution in [-0.2, 0) is 19.2 Å². The number of hydrogen-bond acceptors (Lipinski definition) is 6. The molecule has 4 atom stereocenters. The summed E-state index contributed by atoms with van der Waals surface area (Å²) in [5.41, 5.74) is 0.846. The Kier molecular flexibility index (Phi) is 4.71. The van der Waals surface area contributed by atoms with Crippen LogP contribution in [0.1, 0.15) is 13.8 Å². The normalized spacial score (nSPS) is 32.6. The van der Waals surface area contributed by atoms with Gasteiger partial charge in [-0.05, 0) is 55.5 Å². The molecule has 3 aliphatic carbocycles. The second-order valence-corrected chi connectivity index (χ2v) is 10.2. The molecule has 0 N–H and O–H groups in total. The molecule has 2 heterocycles. The van der Waals surface area contributed by atoms with Crippen molar-refractivity contribution < 1.29 is 28.7 Å². The average molecular weight is 487 g/mol. The second-order valence-electron chi connectivity index (χ2n) is 10.2. The van der Waals surface area contributed by atoms with Gasteiger partial charge < -0.3 is 9.47 Å². The fourth-order valence-corrected chi connectivity index (χ4v) is 7.13. The highest BCUT2D eigenvalue weighted by atomic mass is 16.5. The largest absolute Gasteiger partial charge is 0.497 e. The van der Waals surface area contributed by atoms with Gasteiger partial charge in [-0.2, -0.15) is 0 Å². The fourth-order valence-electron chi connectivity index (χ4n) is 7.13. The second kappa shape index (κ2) is 7.53. The third kappa shape index (κ3) is 2.69. The molecule has 0 radical (unpaired) electrons. The molecule has 0 spiro atoms. The summed E-state index contributed by atoms with van der Waals surface area (Å²) < 4.78 is 10.4. The van der Waals surface area contributed by atoms with Crippen LogP contribution in [0.25, 0.3) is 0 Å². The maximum atomic E-state index is 13.8. The minimum Gasteiger partial charge on any atom is -0.497 e. The molecule has 7 rings (SSSR count). The van der Waals surface area contributed by atoms with E-state index in [0.717, 1.165) is 5.57 Å². The highest BCUT2D eigenvalue weighted by Crippen LogP contribution is 2.66. The predicted octanol–water partition coefficient (Wildman–Crippen LogP) is 3.21. The highest BCUT2D eigenvalue weighted by molar-refractivity contribution is 6.26. The van der Waals surface area contributed by atoms with E-state index < -0.39 is 35.0 Å². The number of ether oxygens (including phenoxy) is 2. The Labute approximate surface area is 208 Å². The monoisotopic (exact) mass is 486 g/mol. The van der Waals surface area contributed by atoms with Gasteiger partial charge in [-0.15, -0.1) is 0 Å². The molecular formula is C28H26N2O6. The van der Waals surface area contributed by atoms with Crippen molar-refractivity contribution in [3.63, 3.8) is 0 Å². The van der Waals surface area contributed by atoms with Crippen LogP contribution in [0, 0.1) is 35.0 Å². The van der Waals surface area contributed by atoms with Gasteiger partial charge in [0, 0.05) is 11.3 Å². The van der Waals surface area contributed by atoms with Gasteiger partial charge in [-0.25, -0.2) is 0 Å². The average Bonchev–Trinajstić information content (AvgIpc) is 3.30. The number of nitrogens with zero attached hydrogens (tertiary/aromatic N) is 2. The molecule has 4 amide bonds. The van der Waals surface area contributed by atoms with Crippen LogP contribution in [0.2, 0.25) is 0 Å². The number of allylic oxidation sites excluding steroid dienone is 2. The van der Waals surface area contributed by atoms with Crippen LogP contribution in [0.4, 0.5) is 11.4 Å². The van der Waals surface area contributed by atoms with Gasteiger partial charge in [0.1, 0.15) is 11.5 Å². The molecule has 2 aromatic rings. The third-order valence-electron chi connectivity index (χ3n) is 8.54. The Hall–Kier alpha value is -3.94. The number of anilines is 2. The summed E-state index contributed by atoms with van der Waals surface area (Å²) in [7, 11) is 3.09. The minimum atomic E-state index is -0.962. The zero-order valence-electron chi connectivity index (χ0n) is 20.4. The van der Waals surface area contributed by atoms with E-state index in [-0.39, 0.29) is 23.6 Å². The first-order chi connectivity index (χ1) is 17.2. The number of carbonyl (C=O) groups excluding carboxylic acids is 4. The molecule has 184 valence electrons. The maximum absolute atomic E-state index is 13.8. The molecule has 0 aromatic heterocycles. The molecule has 4 unspecified atom stereocenters.